The van der Waals surface area contributed by atoms with Gasteiger partial charge in [0.05, 0.1) is 0 Å². The van der Waals surface area contributed by atoms with Crippen molar-refractivity contribution in [3.8, 4) is 0 Å². The number of piperidine rings is 1. The highest BCUT2D eigenvalue weighted by molar-refractivity contribution is 6.35. The van der Waals surface area contributed by atoms with Crippen LogP contribution in [0.5, 0.6) is 0 Å². The average molecular weight is 296 g/mol. The van der Waals surface area contributed by atoms with E-state index in [4.69, 9.17) is 0 Å². The first-order valence-corrected chi connectivity index (χ1v) is 7.67. The second-order valence-electron chi connectivity index (χ2n) is 5.52. The summed E-state index contributed by atoms with van der Waals surface area (Å²) in [4.78, 5) is 39.8. The van der Waals surface area contributed by atoms with Gasteiger partial charge in [-0.2, -0.15) is 0 Å². The van der Waals surface area contributed by atoms with Gasteiger partial charge in [0.25, 0.3) is 0 Å². The Hall–Kier alpha value is -1.63. The molecule has 2 fully saturated rings. The van der Waals surface area contributed by atoms with E-state index in [-0.39, 0.29) is 5.91 Å². The van der Waals surface area contributed by atoms with Gasteiger partial charge >= 0.3 is 11.8 Å². The van der Waals surface area contributed by atoms with E-state index in [0.29, 0.717) is 32.6 Å². The Labute approximate surface area is 125 Å². The molecule has 7 heteroatoms. The Morgan fingerprint density at radius 2 is 1.81 bits per heavy atom. The first-order valence-electron chi connectivity index (χ1n) is 7.67. The molecule has 2 N–H and O–H groups in total. The third-order valence-corrected chi connectivity index (χ3v) is 4.12. The molecule has 2 rings (SSSR count). The van der Waals surface area contributed by atoms with E-state index in [1.165, 1.54) is 4.90 Å². The van der Waals surface area contributed by atoms with Crippen molar-refractivity contribution in [2.75, 3.05) is 39.8 Å². The zero-order valence-electron chi connectivity index (χ0n) is 12.6. The number of rotatable bonds is 1. The van der Waals surface area contributed by atoms with Gasteiger partial charge in [-0.1, -0.05) is 0 Å². The summed E-state index contributed by atoms with van der Waals surface area (Å²) >= 11 is 0. The van der Waals surface area contributed by atoms with Crippen molar-refractivity contribution in [1.29, 1.82) is 0 Å². The number of nitrogens with zero attached hydrogens (tertiary/aromatic N) is 2. The minimum Gasteiger partial charge on any atom is -0.357 e. The number of carbonyl (C=O) groups is 3. The van der Waals surface area contributed by atoms with Gasteiger partial charge in [-0.3, -0.25) is 14.4 Å². The Kier molecular flexibility index (Phi) is 5.55. The highest BCUT2D eigenvalue weighted by Crippen LogP contribution is 2.18. The molecule has 1 unspecified atom stereocenters. The molecule has 1 atom stereocenters. The van der Waals surface area contributed by atoms with E-state index in [1.54, 1.807) is 11.9 Å². The lowest BCUT2D eigenvalue weighted by molar-refractivity contribution is -0.155. The Morgan fingerprint density at radius 1 is 1.00 bits per heavy atom. The van der Waals surface area contributed by atoms with Crippen LogP contribution in [0.15, 0.2) is 0 Å². The second kappa shape index (κ2) is 7.40. The lowest BCUT2D eigenvalue weighted by atomic mass is 10.0. The molecule has 0 saturated carbocycles. The second-order valence-corrected chi connectivity index (χ2v) is 5.52. The molecular formula is C14H24N4O3. The lowest BCUT2D eigenvalue weighted by Crippen LogP contribution is -2.55. The van der Waals surface area contributed by atoms with Crippen LogP contribution in [0.4, 0.5) is 0 Å². The maximum absolute atomic E-state index is 12.5. The monoisotopic (exact) mass is 296 g/mol. The van der Waals surface area contributed by atoms with E-state index in [1.807, 2.05) is 0 Å². The van der Waals surface area contributed by atoms with Gasteiger partial charge in [0, 0.05) is 33.2 Å². The van der Waals surface area contributed by atoms with Crippen molar-refractivity contribution in [1.82, 2.24) is 20.4 Å². The van der Waals surface area contributed by atoms with Crippen LogP contribution in [-0.4, -0.2) is 73.3 Å². The lowest BCUT2D eigenvalue weighted by Gasteiger charge is -2.35. The molecule has 3 amide bonds. The van der Waals surface area contributed by atoms with Crippen LogP contribution < -0.4 is 10.6 Å². The predicted octanol–water partition coefficient (Wildman–Crippen LogP) is -1.06. The molecule has 118 valence electrons. The summed E-state index contributed by atoms with van der Waals surface area (Å²) < 4.78 is 0. The van der Waals surface area contributed by atoms with Crippen molar-refractivity contribution in [2.24, 2.45) is 0 Å². The first-order chi connectivity index (χ1) is 10.1. The minimum atomic E-state index is -0.537. The smallest absolute Gasteiger partial charge is 0.312 e. The molecule has 0 aromatic rings. The third-order valence-electron chi connectivity index (χ3n) is 4.12. The van der Waals surface area contributed by atoms with Gasteiger partial charge in [0.1, 0.15) is 6.04 Å². The molecule has 2 saturated heterocycles. The maximum atomic E-state index is 12.5. The first kappa shape index (κ1) is 15.8. The van der Waals surface area contributed by atoms with E-state index in [9.17, 15) is 14.4 Å². The summed E-state index contributed by atoms with van der Waals surface area (Å²) in [7, 11) is 1.56. The molecule has 0 aromatic heterocycles. The Bertz CT molecular complexity index is 405. The van der Waals surface area contributed by atoms with Gasteiger partial charge in [0.15, 0.2) is 0 Å². The fourth-order valence-electron chi connectivity index (χ4n) is 2.92. The molecule has 0 radical (unpaired) electrons. The fourth-order valence-corrected chi connectivity index (χ4v) is 2.92. The van der Waals surface area contributed by atoms with Crippen LogP contribution in [0.2, 0.25) is 0 Å². The number of amides is 3. The van der Waals surface area contributed by atoms with Gasteiger partial charge in [-0.05, 0) is 32.2 Å². The number of likely N-dealkylation sites (tertiary alicyclic amines) is 1. The average Bonchev–Trinajstić information content (AvgIpc) is 2.82. The number of carbonyl (C=O) groups excluding carboxylic acids is 3. The SMILES string of the molecule is CNC(=O)C1CCCCN1C(=O)C(=O)N1CCCNCC1. The number of nitrogens with one attached hydrogen (secondary N) is 2. The van der Waals surface area contributed by atoms with Crippen LogP contribution in [0.25, 0.3) is 0 Å². The molecule has 0 aliphatic carbocycles. The highest BCUT2D eigenvalue weighted by Gasteiger charge is 2.36. The van der Waals surface area contributed by atoms with E-state index < -0.39 is 17.9 Å². The van der Waals surface area contributed by atoms with Gasteiger partial charge in [-0.25, -0.2) is 0 Å². The molecule has 0 spiro atoms. The predicted molar refractivity (Wildman–Crippen MR) is 77.5 cm³/mol. The Balaban J connectivity index is 2.05. The molecular weight excluding hydrogens is 272 g/mol. The minimum absolute atomic E-state index is 0.187. The van der Waals surface area contributed by atoms with Crippen molar-refractivity contribution in [3.05, 3.63) is 0 Å². The van der Waals surface area contributed by atoms with Crippen molar-refractivity contribution < 1.29 is 14.4 Å². The molecule has 2 aliphatic rings. The largest absolute Gasteiger partial charge is 0.357 e. The summed E-state index contributed by atoms with van der Waals surface area (Å²) in [6.45, 7) is 3.19. The topological polar surface area (TPSA) is 81.8 Å². The maximum Gasteiger partial charge on any atom is 0.312 e. The number of hydrogen-bond acceptors (Lipinski definition) is 4. The molecule has 0 bridgehead atoms. The quantitative estimate of drug-likeness (QED) is 0.604. The van der Waals surface area contributed by atoms with Gasteiger partial charge in [-0.15, -0.1) is 0 Å². The summed E-state index contributed by atoms with van der Waals surface area (Å²) in [5, 5.41) is 5.78. The molecule has 0 aromatic carbocycles. The van der Waals surface area contributed by atoms with Crippen molar-refractivity contribution >= 4 is 17.7 Å². The standard InChI is InChI=1S/C14H24N4O3/c1-15-12(19)11-5-2-3-9-18(11)14(21)13(20)17-8-4-6-16-7-10-17/h11,16H,2-10H2,1H3,(H,15,19). The van der Waals surface area contributed by atoms with Crippen LogP contribution >= 0.6 is 0 Å². The van der Waals surface area contributed by atoms with Crippen LogP contribution in [0, 0.1) is 0 Å². The van der Waals surface area contributed by atoms with Crippen molar-refractivity contribution in [3.63, 3.8) is 0 Å². The molecule has 21 heavy (non-hydrogen) atoms. The molecule has 2 heterocycles. The summed E-state index contributed by atoms with van der Waals surface area (Å²) in [5.74, 6) is -1.20. The normalized spacial score (nSPS) is 23.4. The van der Waals surface area contributed by atoms with Gasteiger partial charge in [0.2, 0.25) is 5.91 Å². The number of hydrogen-bond donors (Lipinski definition) is 2. The summed E-state index contributed by atoms with van der Waals surface area (Å²) in [6, 6.07) is -0.509. The van der Waals surface area contributed by atoms with Crippen molar-refractivity contribution in [2.45, 2.75) is 31.7 Å². The molecule has 2 aliphatic heterocycles. The van der Waals surface area contributed by atoms with E-state index >= 15 is 0 Å². The van der Waals surface area contributed by atoms with Crippen LogP contribution in [-0.2, 0) is 14.4 Å². The van der Waals surface area contributed by atoms with Crippen LogP contribution in [0.1, 0.15) is 25.7 Å². The zero-order chi connectivity index (χ0) is 15.2. The Morgan fingerprint density at radius 3 is 2.57 bits per heavy atom. The summed E-state index contributed by atoms with van der Waals surface area (Å²) in [5.41, 5.74) is 0. The van der Waals surface area contributed by atoms with Gasteiger partial charge < -0.3 is 20.4 Å². The molecule has 7 nitrogen and oxygen atoms in total. The van der Waals surface area contributed by atoms with E-state index in [2.05, 4.69) is 10.6 Å². The third kappa shape index (κ3) is 3.72. The highest BCUT2D eigenvalue weighted by atomic mass is 16.2. The fraction of sp³-hybridized carbons (Fsp3) is 0.786. The van der Waals surface area contributed by atoms with E-state index in [0.717, 1.165) is 25.8 Å². The van der Waals surface area contributed by atoms with Crippen LogP contribution in [0.3, 0.4) is 0 Å². The zero-order valence-corrected chi connectivity index (χ0v) is 12.6. The summed E-state index contributed by atoms with van der Waals surface area (Å²) in [6.07, 6.45) is 3.22. The number of likely N-dealkylation sites (N-methyl/N-ethyl adjacent to an activating group) is 1.